The van der Waals surface area contributed by atoms with E-state index < -0.39 is 6.04 Å². The van der Waals surface area contributed by atoms with Crippen molar-refractivity contribution in [3.8, 4) is 0 Å². The van der Waals surface area contributed by atoms with Gasteiger partial charge in [-0.25, -0.2) is 4.39 Å². The molecule has 23 heavy (non-hydrogen) atoms. The molecule has 1 atom stereocenters. The average Bonchev–Trinajstić information content (AvgIpc) is 2.56. The van der Waals surface area contributed by atoms with E-state index >= 15 is 0 Å². The maximum atomic E-state index is 12.9. The fourth-order valence-corrected chi connectivity index (χ4v) is 3.26. The van der Waals surface area contributed by atoms with Crippen LogP contribution in [0, 0.1) is 5.82 Å². The summed E-state index contributed by atoms with van der Waals surface area (Å²) in [6.07, 6.45) is 4.60. The van der Waals surface area contributed by atoms with Gasteiger partial charge in [-0.05, 0) is 49.0 Å². The number of piperidine rings is 1. The third-order valence-electron chi connectivity index (χ3n) is 4.22. The Labute approximate surface area is 142 Å². The lowest BCUT2D eigenvalue weighted by atomic mass is 10.0. The first-order valence-corrected chi connectivity index (χ1v) is 9.49. The number of carbonyl (C=O) groups excluding carboxylic acids is 1. The summed E-state index contributed by atoms with van der Waals surface area (Å²) in [6.45, 7) is 2.69. The van der Waals surface area contributed by atoms with Crippen molar-refractivity contribution in [1.82, 2.24) is 10.2 Å². The van der Waals surface area contributed by atoms with E-state index in [1.807, 2.05) is 18.4 Å². The van der Waals surface area contributed by atoms with Gasteiger partial charge in [-0.1, -0.05) is 12.1 Å². The normalized spacial score (nSPS) is 17.9. The van der Waals surface area contributed by atoms with Crippen molar-refractivity contribution in [2.45, 2.75) is 37.9 Å². The van der Waals surface area contributed by atoms with E-state index in [0.717, 1.165) is 50.2 Å². The van der Waals surface area contributed by atoms with Crippen LogP contribution in [0.25, 0.3) is 0 Å². The zero-order chi connectivity index (χ0) is 16.7. The highest BCUT2D eigenvalue weighted by Crippen LogP contribution is 2.14. The quantitative estimate of drug-likeness (QED) is 0.798. The summed E-state index contributed by atoms with van der Waals surface area (Å²) in [5.41, 5.74) is 7.01. The first-order valence-electron chi connectivity index (χ1n) is 8.10. The van der Waals surface area contributed by atoms with Crippen LogP contribution in [0.1, 0.15) is 24.8 Å². The number of likely N-dealkylation sites (tertiary alicyclic amines) is 1. The Morgan fingerprint density at radius 1 is 1.39 bits per heavy atom. The molecule has 1 aromatic rings. The second-order valence-electron chi connectivity index (χ2n) is 6.07. The highest BCUT2D eigenvalue weighted by molar-refractivity contribution is 7.98. The number of hydrogen-bond donors (Lipinski definition) is 2. The van der Waals surface area contributed by atoms with E-state index in [1.54, 1.807) is 11.8 Å². The third kappa shape index (κ3) is 6.12. The lowest BCUT2D eigenvalue weighted by molar-refractivity contribution is -0.123. The van der Waals surface area contributed by atoms with Crippen LogP contribution in [-0.4, -0.2) is 48.0 Å². The van der Waals surface area contributed by atoms with Crippen molar-refractivity contribution in [2.75, 3.05) is 25.1 Å². The molecule has 1 saturated heterocycles. The summed E-state index contributed by atoms with van der Waals surface area (Å²) < 4.78 is 12.9. The molecular formula is C17H26FN3OS. The molecule has 0 radical (unpaired) electrons. The van der Waals surface area contributed by atoms with E-state index in [-0.39, 0.29) is 17.8 Å². The van der Waals surface area contributed by atoms with Gasteiger partial charge in [0, 0.05) is 25.7 Å². The number of hydrogen-bond acceptors (Lipinski definition) is 4. The Morgan fingerprint density at radius 2 is 2.04 bits per heavy atom. The van der Waals surface area contributed by atoms with Crippen molar-refractivity contribution in [1.29, 1.82) is 0 Å². The molecule has 1 amide bonds. The molecule has 3 N–H and O–H groups in total. The molecule has 0 unspecified atom stereocenters. The standard InChI is InChI=1S/C17H26FN3OS/c1-23-11-8-16(19)17(22)20-15-6-9-21(10-7-15)12-13-2-4-14(18)5-3-13/h2-5,15-16H,6-12,19H2,1H3,(H,20,22)/t16-/m0/s1. The summed E-state index contributed by atoms with van der Waals surface area (Å²) in [7, 11) is 0. The predicted molar refractivity (Wildman–Crippen MR) is 93.8 cm³/mol. The van der Waals surface area contributed by atoms with Crippen LogP contribution < -0.4 is 11.1 Å². The molecule has 0 spiro atoms. The van der Waals surface area contributed by atoms with Crippen LogP contribution in [0.3, 0.4) is 0 Å². The largest absolute Gasteiger partial charge is 0.352 e. The van der Waals surface area contributed by atoms with Gasteiger partial charge in [-0.2, -0.15) is 11.8 Å². The molecule has 2 rings (SSSR count). The molecule has 6 heteroatoms. The molecule has 1 heterocycles. The Kier molecular flexibility index (Phi) is 7.33. The van der Waals surface area contributed by atoms with Crippen molar-refractivity contribution < 1.29 is 9.18 Å². The fraction of sp³-hybridized carbons (Fsp3) is 0.588. The van der Waals surface area contributed by atoms with Gasteiger partial charge in [0.2, 0.25) is 5.91 Å². The summed E-state index contributed by atoms with van der Waals surface area (Å²) >= 11 is 1.71. The van der Waals surface area contributed by atoms with E-state index in [1.165, 1.54) is 12.1 Å². The van der Waals surface area contributed by atoms with Crippen LogP contribution in [0.15, 0.2) is 24.3 Å². The van der Waals surface area contributed by atoms with Gasteiger partial charge in [0.1, 0.15) is 5.82 Å². The summed E-state index contributed by atoms with van der Waals surface area (Å²) in [4.78, 5) is 14.4. The third-order valence-corrected chi connectivity index (χ3v) is 4.87. The monoisotopic (exact) mass is 339 g/mol. The minimum absolute atomic E-state index is 0.0314. The Bertz CT molecular complexity index is 489. The van der Waals surface area contributed by atoms with Crippen LogP contribution in [0.2, 0.25) is 0 Å². The molecule has 0 saturated carbocycles. The van der Waals surface area contributed by atoms with Crippen molar-refractivity contribution >= 4 is 17.7 Å². The number of carbonyl (C=O) groups is 1. The molecule has 1 aromatic carbocycles. The van der Waals surface area contributed by atoms with Crippen LogP contribution in [-0.2, 0) is 11.3 Å². The second-order valence-corrected chi connectivity index (χ2v) is 7.06. The zero-order valence-corrected chi connectivity index (χ0v) is 14.4. The van der Waals surface area contributed by atoms with Crippen LogP contribution in [0.5, 0.6) is 0 Å². The minimum Gasteiger partial charge on any atom is -0.352 e. The van der Waals surface area contributed by atoms with Gasteiger partial charge in [-0.3, -0.25) is 9.69 Å². The number of nitrogens with one attached hydrogen (secondary N) is 1. The van der Waals surface area contributed by atoms with E-state index in [9.17, 15) is 9.18 Å². The Hall–Kier alpha value is -1.11. The highest BCUT2D eigenvalue weighted by Gasteiger charge is 2.22. The average molecular weight is 339 g/mol. The Balaban J connectivity index is 1.71. The lowest BCUT2D eigenvalue weighted by Crippen LogP contribution is -2.49. The number of amides is 1. The number of nitrogens with zero attached hydrogens (tertiary/aromatic N) is 1. The summed E-state index contributed by atoms with van der Waals surface area (Å²) in [5, 5.41) is 3.07. The zero-order valence-electron chi connectivity index (χ0n) is 13.6. The number of nitrogens with two attached hydrogens (primary N) is 1. The van der Waals surface area contributed by atoms with Gasteiger partial charge in [0.25, 0.3) is 0 Å². The lowest BCUT2D eigenvalue weighted by Gasteiger charge is -2.32. The molecule has 128 valence electrons. The van der Waals surface area contributed by atoms with Gasteiger partial charge in [0.15, 0.2) is 0 Å². The molecule has 1 fully saturated rings. The topological polar surface area (TPSA) is 58.4 Å². The molecule has 0 bridgehead atoms. The maximum Gasteiger partial charge on any atom is 0.237 e. The molecule has 4 nitrogen and oxygen atoms in total. The number of benzene rings is 1. The highest BCUT2D eigenvalue weighted by atomic mass is 32.2. The smallest absolute Gasteiger partial charge is 0.237 e. The number of thioether (sulfide) groups is 1. The number of rotatable bonds is 7. The number of halogens is 1. The van der Waals surface area contributed by atoms with Crippen LogP contribution in [0.4, 0.5) is 4.39 Å². The summed E-state index contributed by atoms with van der Waals surface area (Å²) in [6, 6.07) is 6.46. The van der Waals surface area contributed by atoms with E-state index in [0.29, 0.717) is 0 Å². The predicted octanol–water partition coefficient (Wildman–Crippen LogP) is 1.99. The van der Waals surface area contributed by atoms with E-state index in [4.69, 9.17) is 5.73 Å². The van der Waals surface area contributed by atoms with Gasteiger partial charge < -0.3 is 11.1 Å². The maximum absolute atomic E-state index is 12.9. The fourth-order valence-electron chi connectivity index (χ4n) is 2.77. The van der Waals surface area contributed by atoms with Gasteiger partial charge >= 0.3 is 0 Å². The molecular weight excluding hydrogens is 313 g/mol. The SMILES string of the molecule is CSCC[C@H](N)C(=O)NC1CCN(Cc2ccc(F)cc2)CC1. The van der Waals surface area contributed by atoms with E-state index in [2.05, 4.69) is 10.2 Å². The first-order chi connectivity index (χ1) is 11.1. The van der Waals surface area contributed by atoms with Crippen molar-refractivity contribution in [2.24, 2.45) is 5.73 Å². The second kappa shape index (κ2) is 9.25. The molecule has 0 aromatic heterocycles. The first kappa shape index (κ1) is 18.2. The Morgan fingerprint density at radius 3 is 2.65 bits per heavy atom. The molecule has 0 aliphatic carbocycles. The molecule has 1 aliphatic heterocycles. The molecule has 1 aliphatic rings. The van der Waals surface area contributed by atoms with Crippen molar-refractivity contribution in [3.05, 3.63) is 35.6 Å². The van der Waals surface area contributed by atoms with Crippen LogP contribution >= 0.6 is 11.8 Å². The summed E-state index contributed by atoms with van der Waals surface area (Å²) in [5.74, 6) is 0.675. The van der Waals surface area contributed by atoms with Gasteiger partial charge in [0.05, 0.1) is 6.04 Å². The van der Waals surface area contributed by atoms with Gasteiger partial charge in [-0.15, -0.1) is 0 Å². The minimum atomic E-state index is -0.403. The van der Waals surface area contributed by atoms with Crippen molar-refractivity contribution in [3.63, 3.8) is 0 Å².